The van der Waals surface area contributed by atoms with Gasteiger partial charge in [0.15, 0.2) is 5.96 Å². The highest BCUT2D eigenvalue weighted by Gasteiger charge is 2.38. The van der Waals surface area contributed by atoms with Crippen molar-refractivity contribution in [2.45, 2.75) is 69.3 Å². The number of aliphatic imine (C=N–C) groups is 1. The van der Waals surface area contributed by atoms with Gasteiger partial charge in [-0.05, 0) is 51.0 Å². The second-order valence-corrected chi connectivity index (χ2v) is 9.14. The Kier molecular flexibility index (Phi) is 12.7. The van der Waals surface area contributed by atoms with Crippen LogP contribution in [0, 0.1) is 0 Å². The molecule has 34 heavy (non-hydrogen) atoms. The zero-order valence-electron chi connectivity index (χ0n) is 19.6. The minimum atomic E-state index is -1.41. The molecule has 1 aliphatic rings. The summed E-state index contributed by atoms with van der Waals surface area (Å²) in [5.41, 5.74) is 16.4. The van der Waals surface area contributed by atoms with Gasteiger partial charge in [-0.1, -0.05) is 0 Å². The van der Waals surface area contributed by atoms with E-state index in [0.717, 1.165) is 0 Å². The van der Waals surface area contributed by atoms with Gasteiger partial charge in [0.1, 0.15) is 18.1 Å². The molecule has 0 bridgehead atoms. The second kappa shape index (κ2) is 14.6. The number of rotatable bonds is 14. The van der Waals surface area contributed by atoms with Crippen molar-refractivity contribution in [2.75, 3.05) is 25.1 Å². The van der Waals surface area contributed by atoms with Crippen molar-refractivity contribution < 1.29 is 29.4 Å². The van der Waals surface area contributed by atoms with Crippen LogP contribution in [0.4, 0.5) is 0 Å². The molecule has 1 rings (SSSR count). The number of carbonyl (C=O) groups excluding carboxylic acids is 3. The fourth-order valence-corrected chi connectivity index (χ4v) is 4.05. The lowest BCUT2D eigenvalue weighted by Gasteiger charge is -2.29. The Bertz CT molecular complexity index is 747. The monoisotopic (exact) mass is 503 g/mol. The number of thioether (sulfide) groups is 1. The highest BCUT2D eigenvalue weighted by Crippen LogP contribution is 2.19. The third-order valence-electron chi connectivity index (χ3n) is 5.41. The molecule has 0 spiro atoms. The van der Waals surface area contributed by atoms with E-state index in [4.69, 9.17) is 17.2 Å². The van der Waals surface area contributed by atoms with Gasteiger partial charge >= 0.3 is 5.97 Å². The zero-order valence-corrected chi connectivity index (χ0v) is 20.4. The number of guanidine groups is 1. The highest BCUT2D eigenvalue weighted by atomic mass is 32.2. The van der Waals surface area contributed by atoms with Gasteiger partial charge < -0.3 is 42.9 Å². The molecule has 14 heteroatoms. The molecule has 194 valence electrons. The number of hydrogen-bond acceptors (Lipinski definition) is 8. The number of nitrogens with zero attached hydrogens (tertiary/aromatic N) is 2. The molecule has 0 aromatic rings. The molecule has 1 fully saturated rings. The van der Waals surface area contributed by atoms with Crippen molar-refractivity contribution in [3.05, 3.63) is 0 Å². The van der Waals surface area contributed by atoms with Crippen molar-refractivity contribution >= 4 is 41.4 Å². The van der Waals surface area contributed by atoms with Crippen molar-refractivity contribution in [3.63, 3.8) is 0 Å². The fraction of sp³-hybridized carbons (Fsp3) is 0.750. The summed E-state index contributed by atoms with van der Waals surface area (Å²) >= 11 is 1.56. The quantitative estimate of drug-likeness (QED) is 0.0751. The van der Waals surface area contributed by atoms with Gasteiger partial charge in [0.25, 0.3) is 0 Å². The maximum atomic E-state index is 12.9. The van der Waals surface area contributed by atoms with Crippen LogP contribution < -0.4 is 27.8 Å². The molecule has 1 saturated heterocycles. The summed E-state index contributed by atoms with van der Waals surface area (Å²) < 4.78 is 0. The number of nitrogens with one attached hydrogen (secondary N) is 2. The predicted molar refractivity (Wildman–Crippen MR) is 129 cm³/mol. The molecular formula is C20H37N7O6S. The number of carbonyl (C=O) groups is 4. The van der Waals surface area contributed by atoms with Gasteiger partial charge in [-0.3, -0.25) is 19.4 Å². The third kappa shape index (κ3) is 9.35. The Balaban J connectivity index is 2.80. The Hall–Kier alpha value is -2.58. The molecule has 10 N–H and O–H groups in total. The van der Waals surface area contributed by atoms with Crippen LogP contribution >= 0.6 is 11.8 Å². The Morgan fingerprint density at radius 1 is 1.21 bits per heavy atom. The van der Waals surface area contributed by atoms with Gasteiger partial charge in [0.05, 0.1) is 12.1 Å². The van der Waals surface area contributed by atoms with Crippen molar-refractivity contribution in [1.82, 2.24) is 15.5 Å². The molecule has 3 amide bonds. The maximum absolute atomic E-state index is 12.9. The van der Waals surface area contributed by atoms with E-state index in [0.29, 0.717) is 31.6 Å². The molecule has 0 unspecified atom stereocenters. The van der Waals surface area contributed by atoms with E-state index in [1.165, 1.54) is 11.8 Å². The Morgan fingerprint density at radius 2 is 1.88 bits per heavy atom. The van der Waals surface area contributed by atoms with Gasteiger partial charge in [-0.2, -0.15) is 11.8 Å². The summed E-state index contributed by atoms with van der Waals surface area (Å²) in [6.07, 6.45) is 2.39. The molecule has 0 aliphatic carbocycles. The molecular weight excluding hydrogens is 466 g/mol. The first kappa shape index (κ1) is 29.5. The van der Waals surface area contributed by atoms with Crippen LogP contribution in [-0.4, -0.2) is 100 Å². The van der Waals surface area contributed by atoms with E-state index in [1.807, 2.05) is 6.26 Å². The van der Waals surface area contributed by atoms with Crippen LogP contribution in [0.5, 0.6) is 0 Å². The van der Waals surface area contributed by atoms with Crippen molar-refractivity contribution in [2.24, 2.45) is 22.2 Å². The van der Waals surface area contributed by atoms with Gasteiger partial charge in [0.2, 0.25) is 17.7 Å². The predicted octanol–water partition coefficient (Wildman–Crippen LogP) is -2.45. The van der Waals surface area contributed by atoms with Crippen LogP contribution in [0.1, 0.15) is 39.0 Å². The lowest BCUT2D eigenvalue weighted by molar-refractivity contribution is -0.144. The largest absolute Gasteiger partial charge is 0.480 e. The summed E-state index contributed by atoms with van der Waals surface area (Å²) in [4.78, 5) is 55.0. The molecule has 1 aliphatic heterocycles. The molecule has 1 heterocycles. The summed E-state index contributed by atoms with van der Waals surface area (Å²) in [6.45, 7) is 1.85. The van der Waals surface area contributed by atoms with E-state index in [9.17, 15) is 29.4 Å². The SMILES string of the molecule is CSCC[C@H](N)C(=O)N1CCC[C@H]1C(=O)N[C@H](C(=O)N[C@@H](CCCN=C(N)N)C(=O)O)[C@@H](C)O. The minimum absolute atomic E-state index is 0.0389. The number of aliphatic carboxylic acids is 1. The lowest BCUT2D eigenvalue weighted by atomic mass is 10.1. The minimum Gasteiger partial charge on any atom is -0.480 e. The van der Waals surface area contributed by atoms with E-state index in [2.05, 4.69) is 15.6 Å². The lowest BCUT2D eigenvalue weighted by Crippen LogP contribution is -2.59. The summed E-state index contributed by atoms with van der Waals surface area (Å²) in [6, 6.07) is -4.22. The number of likely N-dealkylation sites (tertiary alicyclic amines) is 1. The van der Waals surface area contributed by atoms with Crippen LogP contribution in [0.15, 0.2) is 4.99 Å². The zero-order chi connectivity index (χ0) is 25.8. The van der Waals surface area contributed by atoms with Crippen LogP contribution in [0.25, 0.3) is 0 Å². The maximum Gasteiger partial charge on any atom is 0.326 e. The molecule has 0 aromatic heterocycles. The normalized spacial score (nSPS) is 18.9. The Morgan fingerprint density at radius 3 is 2.44 bits per heavy atom. The van der Waals surface area contributed by atoms with Crippen LogP contribution in [0.2, 0.25) is 0 Å². The van der Waals surface area contributed by atoms with Crippen molar-refractivity contribution in [3.8, 4) is 0 Å². The molecule has 0 aromatic carbocycles. The number of carboxylic acids is 1. The topological polar surface area (TPSA) is 226 Å². The first-order chi connectivity index (χ1) is 16.0. The molecule has 5 atom stereocenters. The molecule has 0 radical (unpaired) electrons. The van der Waals surface area contributed by atoms with E-state index >= 15 is 0 Å². The summed E-state index contributed by atoms with van der Waals surface area (Å²) in [5.74, 6) is -2.50. The van der Waals surface area contributed by atoms with Crippen molar-refractivity contribution in [1.29, 1.82) is 0 Å². The highest BCUT2D eigenvalue weighted by molar-refractivity contribution is 7.98. The molecule has 13 nitrogen and oxygen atoms in total. The summed E-state index contributed by atoms with van der Waals surface area (Å²) in [5, 5.41) is 24.3. The smallest absolute Gasteiger partial charge is 0.326 e. The van der Waals surface area contributed by atoms with Crippen LogP contribution in [-0.2, 0) is 19.2 Å². The van der Waals surface area contributed by atoms with Gasteiger partial charge in [0, 0.05) is 13.1 Å². The van der Waals surface area contributed by atoms with E-state index in [-0.39, 0.29) is 31.3 Å². The second-order valence-electron chi connectivity index (χ2n) is 8.15. The number of amides is 3. The first-order valence-electron chi connectivity index (χ1n) is 11.1. The average Bonchev–Trinajstić information content (AvgIpc) is 3.26. The summed E-state index contributed by atoms with van der Waals surface area (Å²) in [7, 11) is 0. The van der Waals surface area contributed by atoms with Crippen LogP contribution in [0.3, 0.4) is 0 Å². The average molecular weight is 504 g/mol. The number of aliphatic hydroxyl groups is 1. The third-order valence-corrected chi connectivity index (χ3v) is 6.06. The van der Waals surface area contributed by atoms with E-state index < -0.39 is 48.1 Å². The molecule has 0 saturated carbocycles. The number of nitrogens with two attached hydrogens (primary N) is 3. The number of aliphatic hydroxyl groups excluding tert-OH is 1. The Labute approximate surface area is 203 Å². The number of hydrogen-bond donors (Lipinski definition) is 7. The standard InChI is InChI=1S/C20H37N7O6S/c1-11(28)15(17(30)25-13(19(32)33)5-3-8-24-20(22)23)26-16(29)14-6-4-9-27(14)18(31)12(21)7-10-34-2/h11-15,28H,3-10,21H2,1-2H3,(H,25,30)(H,26,29)(H,32,33)(H4,22,23,24)/t11-,12+,13+,14+,15+/m1/s1. The van der Waals surface area contributed by atoms with Gasteiger partial charge in [-0.15, -0.1) is 0 Å². The number of carboxylic acid groups (broad SMARTS) is 1. The van der Waals surface area contributed by atoms with E-state index in [1.54, 1.807) is 11.8 Å². The first-order valence-corrected chi connectivity index (χ1v) is 12.5. The van der Waals surface area contributed by atoms with Gasteiger partial charge in [-0.25, -0.2) is 4.79 Å². The fourth-order valence-electron chi connectivity index (χ4n) is 3.56.